The Morgan fingerprint density at radius 2 is 1.71 bits per heavy atom. The zero-order chi connectivity index (χ0) is 22.4. The summed E-state index contributed by atoms with van der Waals surface area (Å²) in [7, 11) is -4.05. The molecule has 1 aliphatic carbocycles. The van der Waals surface area contributed by atoms with Crippen LogP contribution in [-0.2, 0) is 20.2 Å². The van der Waals surface area contributed by atoms with Gasteiger partial charge in [-0.25, -0.2) is 8.42 Å². The molecular weight excluding hydrogens is 454 g/mol. The van der Waals surface area contributed by atoms with Crippen LogP contribution in [0, 0.1) is 5.92 Å². The van der Waals surface area contributed by atoms with Crippen molar-refractivity contribution in [1.82, 2.24) is 4.72 Å². The number of aliphatic carboxylic acids is 1. The van der Waals surface area contributed by atoms with E-state index in [0.29, 0.717) is 5.02 Å². The van der Waals surface area contributed by atoms with E-state index in [1.165, 1.54) is 6.07 Å². The van der Waals surface area contributed by atoms with Crippen molar-refractivity contribution in [2.75, 3.05) is 0 Å². The number of rotatable bonds is 7. The summed E-state index contributed by atoms with van der Waals surface area (Å²) in [5.41, 5.74) is -0.742. The number of hydrogen-bond donors (Lipinski definition) is 2. The van der Waals surface area contributed by atoms with Gasteiger partial charge in [-0.1, -0.05) is 67.9 Å². The summed E-state index contributed by atoms with van der Waals surface area (Å²) < 4.78 is 29.1. The average Bonchev–Trinajstić information content (AvgIpc) is 3.15. The van der Waals surface area contributed by atoms with Crippen molar-refractivity contribution in [3.05, 3.63) is 77.3 Å². The van der Waals surface area contributed by atoms with Crippen molar-refractivity contribution in [2.45, 2.75) is 35.4 Å². The van der Waals surface area contributed by atoms with Crippen molar-refractivity contribution in [1.29, 1.82) is 0 Å². The summed E-state index contributed by atoms with van der Waals surface area (Å²) in [5.74, 6) is -1.25. The molecule has 0 spiro atoms. The number of carboxylic acids is 1. The van der Waals surface area contributed by atoms with Crippen molar-refractivity contribution in [2.24, 2.45) is 5.92 Å². The molecule has 8 heteroatoms. The molecule has 2 atom stereocenters. The predicted molar refractivity (Wildman–Crippen MR) is 123 cm³/mol. The molecule has 0 radical (unpaired) electrons. The molecule has 2 unspecified atom stereocenters. The molecule has 0 bridgehead atoms. The Bertz CT molecular complexity index is 1220. The first-order valence-corrected chi connectivity index (χ1v) is 12.5. The number of sulfonamides is 1. The molecule has 31 heavy (non-hydrogen) atoms. The third kappa shape index (κ3) is 3.59. The monoisotopic (exact) mass is 475 g/mol. The van der Waals surface area contributed by atoms with Crippen LogP contribution in [0.2, 0.25) is 5.02 Å². The maximum Gasteiger partial charge on any atom is 0.325 e. The SMILES string of the molecule is CC(C)C1(c2ccccc2)CC1(NS(=O)(=O)c1ccc(-c2ccc(Cl)cc2)s1)C(=O)O. The molecule has 4 rings (SSSR count). The van der Waals surface area contributed by atoms with Gasteiger partial charge in [0.15, 0.2) is 0 Å². The fraction of sp³-hybridized carbons (Fsp3) is 0.261. The van der Waals surface area contributed by atoms with Crippen LogP contribution >= 0.6 is 22.9 Å². The lowest BCUT2D eigenvalue weighted by Crippen LogP contribution is -2.50. The predicted octanol–water partition coefficient (Wildman–Crippen LogP) is 5.17. The minimum atomic E-state index is -4.05. The number of carboxylic acid groups (broad SMARTS) is 1. The lowest BCUT2D eigenvalue weighted by Gasteiger charge is -2.27. The molecule has 0 amide bonds. The number of thiophene rings is 1. The molecule has 162 valence electrons. The summed E-state index contributed by atoms with van der Waals surface area (Å²) in [6.07, 6.45) is 0.200. The van der Waals surface area contributed by atoms with Gasteiger partial charge in [0, 0.05) is 15.3 Å². The Hall–Kier alpha value is -2.19. The third-order valence-electron chi connectivity index (χ3n) is 6.10. The van der Waals surface area contributed by atoms with E-state index in [2.05, 4.69) is 4.72 Å². The Morgan fingerprint density at radius 1 is 1.06 bits per heavy atom. The first-order chi connectivity index (χ1) is 14.6. The minimum absolute atomic E-state index is 0.0793. The second-order valence-electron chi connectivity index (χ2n) is 8.11. The largest absolute Gasteiger partial charge is 0.480 e. The third-order valence-corrected chi connectivity index (χ3v) is 9.48. The molecule has 1 aromatic heterocycles. The van der Waals surface area contributed by atoms with E-state index in [-0.39, 0.29) is 16.5 Å². The summed E-state index contributed by atoms with van der Waals surface area (Å²) in [6, 6.07) is 19.6. The maximum absolute atomic E-state index is 13.2. The normalized spacial score (nSPS) is 23.1. The van der Waals surface area contributed by atoms with Crippen LogP contribution in [0.25, 0.3) is 10.4 Å². The molecule has 2 aromatic carbocycles. The van der Waals surface area contributed by atoms with Gasteiger partial charge in [-0.05, 0) is 47.7 Å². The fourth-order valence-electron chi connectivity index (χ4n) is 4.44. The van der Waals surface area contributed by atoms with Crippen LogP contribution in [0.4, 0.5) is 0 Å². The molecular formula is C23H22ClNO4S2. The van der Waals surface area contributed by atoms with E-state index in [1.54, 1.807) is 18.2 Å². The van der Waals surface area contributed by atoms with Crippen molar-refractivity contribution in [3.8, 4) is 10.4 Å². The second-order valence-corrected chi connectivity index (χ2v) is 11.5. The van der Waals surface area contributed by atoms with Gasteiger partial charge < -0.3 is 5.11 Å². The molecule has 5 nitrogen and oxygen atoms in total. The van der Waals surface area contributed by atoms with Gasteiger partial charge in [-0.3, -0.25) is 4.79 Å². The van der Waals surface area contributed by atoms with E-state index in [4.69, 9.17) is 11.6 Å². The van der Waals surface area contributed by atoms with Gasteiger partial charge in [-0.2, -0.15) is 4.72 Å². The van der Waals surface area contributed by atoms with E-state index in [9.17, 15) is 18.3 Å². The molecule has 1 heterocycles. The first kappa shape index (κ1) is 22.0. The highest BCUT2D eigenvalue weighted by Gasteiger charge is 2.75. The highest BCUT2D eigenvalue weighted by molar-refractivity contribution is 7.91. The molecule has 2 N–H and O–H groups in total. The highest BCUT2D eigenvalue weighted by atomic mass is 35.5. The Labute approximate surface area is 190 Å². The summed E-state index contributed by atoms with van der Waals surface area (Å²) in [5, 5.41) is 10.7. The lowest BCUT2D eigenvalue weighted by molar-refractivity contribution is -0.141. The summed E-state index contributed by atoms with van der Waals surface area (Å²) in [4.78, 5) is 13.2. The van der Waals surface area contributed by atoms with Gasteiger partial charge in [0.2, 0.25) is 0 Å². The van der Waals surface area contributed by atoms with Crippen molar-refractivity contribution in [3.63, 3.8) is 0 Å². The van der Waals surface area contributed by atoms with Crippen molar-refractivity contribution >= 4 is 38.9 Å². The Balaban J connectivity index is 1.70. The zero-order valence-corrected chi connectivity index (χ0v) is 19.4. The van der Waals surface area contributed by atoms with Crippen LogP contribution in [0.5, 0.6) is 0 Å². The Morgan fingerprint density at radius 3 is 2.29 bits per heavy atom. The molecule has 1 saturated carbocycles. The summed E-state index contributed by atoms with van der Waals surface area (Å²) in [6.45, 7) is 3.85. The highest BCUT2D eigenvalue weighted by Crippen LogP contribution is 2.62. The van der Waals surface area contributed by atoms with Crippen LogP contribution in [-0.4, -0.2) is 25.0 Å². The number of carbonyl (C=O) groups is 1. The molecule has 0 aliphatic heterocycles. The van der Waals surface area contributed by atoms with Gasteiger partial charge >= 0.3 is 5.97 Å². The fourth-order valence-corrected chi connectivity index (χ4v) is 7.29. The van der Waals surface area contributed by atoms with E-state index >= 15 is 0 Å². The first-order valence-electron chi connectivity index (χ1n) is 9.81. The van der Waals surface area contributed by atoms with Gasteiger partial charge in [-0.15, -0.1) is 11.3 Å². The van der Waals surface area contributed by atoms with Gasteiger partial charge in [0.25, 0.3) is 10.0 Å². The maximum atomic E-state index is 13.2. The van der Waals surface area contributed by atoms with E-state index < -0.39 is 26.9 Å². The lowest BCUT2D eigenvalue weighted by atomic mass is 9.81. The van der Waals surface area contributed by atoms with Crippen LogP contribution < -0.4 is 4.72 Å². The number of halogens is 1. The van der Waals surface area contributed by atoms with Gasteiger partial charge in [0.1, 0.15) is 9.75 Å². The van der Waals surface area contributed by atoms with E-state index in [1.807, 2.05) is 56.3 Å². The van der Waals surface area contributed by atoms with Crippen molar-refractivity contribution < 1.29 is 18.3 Å². The minimum Gasteiger partial charge on any atom is -0.480 e. The topological polar surface area (TPSA) is 83.5 Å². The van der Waals surface area contributed by atoms with E-state index in [0.717, 1.165) is 27.3 Å². The number of benzene rings is 2. The average molecular weight is 476 g/mol. The number of hydrogen-bond acceptors (Lipinski definition) is 4. The van der Waals surface area contributed by atoms with Crippen LogP contribution in [0.15, 0.2) is 70.9 Å². The zero-order valence-electron chi connectivity index (χ0n) is 17.0. The quantitative estimate of drug-likeness (QED) is 0.494. The molecule has 0 saturated heterocycles. The van der Waals surface area contributed by atoms with Gasteiger partial charge in [0.05, 0.1) is 0 Å². The molecule has 1 aliphatic rings. The van der Waals surface area contributed by atoms with Crippen LogP contribution in [0.3, 0.4) is 0 Å². The molecule has 1 fully saturated rings. The number of nitrogens with one attached hydrogen (secondary N) is 1. The second kappa shape index (κ2) is 7.74. The standard InChI is InChI=1S/C23H22ClNO4S2/c1-15(2)22(17-6-4-3-5-7-17)14-23(22,21(26)27)25-31(28,29)20-13-12-19(30-20)16-8-10-18(24)11-9-16/h3-13,15,25H,14H2,1-2H3,(H,26,27). The molecule has 3 aromatic rings. The Kier molecular flexibility index (Phi) is 5.50. The van der Waals surface area contributed by atoms with Crippen LogP contribution in [0.1, 0.15) is 25.8 Å². The smallest absolute Gasteiger partial charge is 0.325 e. The summed E-state index contributed by atoms with van der Waals surface area (Å²) >= 11 is 7.03.